The molecule has 0 radical (unpaired) electrons. The van der Waals surface area contributed by atoms with Gasteiger partial charge in [0.15, 0.2) is 0 Å². The van der Waals surface area contributed by atoms with E-state index in [2.05, 4.69) is 11.8 Å². The second-order valence-corrected chi connectivity index (χ2v) is 4.89. The van der Waals surface area contributed by atoms with E-state index in [1.165, 1.54) is 12.1 Å². The van der Waals surface area contributed by atoms with Crippen LogP contribution in [0.2, 0.25) is 5.02 Å². The standard InChI is InChI=1S/C17H14ClFO2/c1-12-4-5-14(16(18)9-12)11-21-15-7-6-13(3-2-8-20)17(19)10-15/h4-7,9-10,20H,8,11H2,1H3. The van der Waals surface area contributed by atoms with E-state index in [-0.39, 0.29) is 18.8 Å². The third-order valence-electron chi connectivity index (χ3n) is 2.85. The summed E-state index contributed by atoms with van der Waals surface area (Å²) in [5.41, 5.74) is 2.14. The van der Waals surface area contributed by atoms with Crippen LogP contribution in [-0.2, 0) is 6.61 Å². The molecule has 2 rings (SSSR count). The van der Waals surface area contributed by atoms with Crippen molar-refractivity contribution in [3.8, 4) is 17.6 Å². The molecular formula is C17H14ClFO2. The van der Waals surface area contributed by atoms with Gasteiger partial charge in [-0.25, -0.2) is 4.39 Å². The van der Waals surface area contributed by atoms with E-state index in [1.54, 1.807) is 6.07 Å². The first kappa shape index (κ1) is 15.4. The van der Waals surface area contributed by atoms with Crippen LogP contribution in [0.15, 0.2) is 36.4 Å². The van der Waals surface area contributed by atoms with Crippen molar-refractivity contribution >= 4 is 11.6 Å². The molecule has 0 aromatic heterocycles. The van der Waals surface area contributed by atoms with Crippen molar-refractivity contribution in [2.24, 2.45) is 0 Å². The van der Waals surface area contributed by atoms with E-state index in [4.69, 9.17) is 21.4 Å². The third kappa shape index (κ3) is 4.22. The first-order chi connectivity index (χ1) is 10.1. The highest BCUT2D eigenvalue weighted by Crippen LogP contribution is 2.21. The van der Waals surface area contributed by atoms with Crippen molar-refractivity contribution in [1.29, 1.82) is 0 Å². The molecule has 2 nitrogen and oxygen atoms in total. The lowest BCUT2D eigenvalue weighted by Crippen LogP contribution is -1.97. The highest BCUT2D eigenvalue weighted by molar-refractivity contribution is 6.31. The van der Waals surface area contributed by atoms with Gasteiger partial charge in [0.25, 0.3) is 0 Å². The van der Waals surface area contributed by atoms with Crippen molar-refractivity contribution in [3.05, 3.63) is 63.9 Å². The highest BCUT2D eigenvalue weighted by Gasteiger charge is 2.05. The van der Waals surface area contributed by atoms with Crippen LogP contribution in [0.1, 0.15) is 16.7 Å². The molecule has 0 spiro atoms. The van der Waals surface area contributed by atoms with Crippen LogP contribution >= 0.6 is 11.6 Å². The summed E-state index contributed by atoms with van der Waals surface area (Å²) in [6, 6.07) is 10.1. The van der Waals surface area contributed by atoms with Gasteiger partial charge in [0, 0.05) is 16.7 Å². The van der Waals surface area contributed by atoms with Gasteiger partial charge in [-0.3, -0.25) is 0 Å². The molecule has 0 unspecified atom stereocenters. The number of halogens is 2. The average Bonchev–Trinajstić information content (AvgIpc) is 2.45. The topological polar surface area (TPSA) is 29.5 Å². The predicted molar refractivity (Wildman–Crippen MR) is 80.9 cm³/mol. The molecule has 2 aromatic carbocycles. The molecule has 0 aliphatic heterocycles. The van der Waals surface area contributed by atoms with Crippen LogP contribution in [0.3, 0.4) is 0 Å². The zero-order chi connectivity index (χ0) is 15.2. The van der Waals surface area contributed by atoms with Gasteiger partial charge < -0.3 is 9.84 Å². The predicted octanol–water partition coefficient (Wildman–Crippen LogP) is 3.71. The SMILES string of the molecule is Cc1ccc(COc2ccc(C#CCO)c(F)c2)c(Cl)c1. The molecule has 0 aliphatic carbocycles. The minimum absolute atomic E-state index is 0.227. The van der Waals surface area contributed by atoms with E-state index in [9.17, 15) is 4.39 Å². The molecule has 0 saturated heterocycles. The lowest BCUT2D eigenvalue weighted by atomic mass is 10.1. The van der Waals surface area contributed by atoms with E-state index in [0.717, 1.165) is 11.1 Å². The summed E-state index contributed by atoms with van der Waals surface area (Å²) >= 11 is 6.11. The minimum Gasteiger partial charge on any atom is -0.489 e. The van der Waals surface area contributed by atoms with Crippen molar-refractivity contribution in [2.75, 3.05) is 6.61 Å². The van der Waals surface area contributed by atoms with Gasteiger partial charge in [0.1, 0.15) is 24.8 Å². The average molecular weight is 305 g/mol. The second-order valence-electron chi connectivity index (χ2n) is 4.49. The summed E-state index contributed by atoms with van der Waals surface area (Å²) in [5, 5.41) is 9.22. The van der Waals surface area contributed by atoms with Gasteiger partial charge in [-0.05, 0) is 30.7 Å². The molecule has 0 saturated carbocycles. The molecule has 0 atom stereocenters. The van der Waals surface area contributed by atoms with Gasteiger partial charge in [-0.2, -0.15) is 0 Å². The number of hydrogen-bond donors (Lipinski definition) is 1. The van der Waals surface area contributed by atoms with Crippen LogP contribution in [0.4, 0.5) is 4.39 Å². The number of aryl methyl sites for hydroxylation is 1. The fourth-order valence-corrected chi connectivity index (χ4v) is 2.04. The smallest absolute Gasteiger partial charge is 0.142 e. The van der Waals surface area contributed by atoms with Crippen LogP contribution in [0, 0.1) is 24.6 Å². The zero-order valence-electron chi connectivity index (χ0n) is 11.5. The molecule has 0 amide bonds. The maximum Gasteiger partial charge on any atom is 0.142 e. The summed E-state index contributed by atoms with van der Waals surface area (Å²) in [4.78, 5) is 0. The fraction of sp³-hybridized carbons (Fsp3) is 0.176. The third-order valence-corrected chi connectivity index (χ3v) is 3.20. The Morgan fingerprint density at radius 1 is 1.24 bits per heavy atom. The monoisotopic (exact) mass is 304 g/mol. The van der Waals surface area contributed by atoms with E-state index in [0.29, 0.717) is 10.8 Å². The van der Waals surface area contributed by atoms with Crippen LogP contribution in [-0.4, -0.2) is 11.7 Å². The molecule has 21 heavy (non-hydrogen) atoms. The number of aliphatic hydroxyl groups excluding tert-OH is 1. The van der Waals surface area contributed by atoms with E-state index in [1.807, 2.05) is 25.1 Å². The first-order valence-corrected chi connectivity index (χ1v) is 6.75. The highest BCUT2D eigenvalue weighted by atomic mass is 35.5. The van der Waals surface area contributed by atoms with Gasteiger partial charge in [-0.1, -0.05) is 35.6 Å². The molecule has 0 fully saturated rings. The summed E-state index contributed by atoms with van der Waals surface area (Å²) in [5.74, 6) is 4.85. The Morgan fingerprint density at radius 2 is 2.05 bits per heavy atom. The molecule has 4 heteroatoms. The number of aliphatic hydroxyl groups is 1. The summed E-state index contributed by atoms with van der Waals surface area (Å²) in [6.45, 7) is 1.92. The lowest BCUT2D eigenvalue weighted by Gasteiger charge is -2.09. The molecular weight excluding hydrogens is 291 g/mol. The van der Waals surface area contributed by atoms with Crippen LogP contribution < -0.4 is 4.74 Å². The van der Waals surface area contributed by atoms with Crippen molar-refractivity contribution in [2.45, 2.75) is 13.5 Å². The maximum atomic E-state index is 13.7. The molecule has 0 aliphatic rings. The van der Waals surface area contributed by atoms with E-state index >= 15 is 0 Å². The van der Waals surface area contributed by atoms with Gasteiger partial charge in [0.2, 0.25) is 0 Å². The fourth-order valence-electron chi connectivity index (χ4n) is 1.75. The Bertz CT molecular complexity index is 702. The normalized spacial score (nSPS) is 9.90. The number of rotatable bonds is 3. The van der Waals surface area contributed by atoms with Crippen LogP contribution in [0.5, 0.6) is 5.75 Å². The lowest BCUT2D eigenvalue weighted by molar-refractivity contribution is 0.304. The van der Waals surface area contributed by atoms with Crippen molar-refractivity contribution in [1.82, 2.24) is 0 Å². The maximum absolute atomic E-state index is 13.7. The first-order valence-electron chi connectivity index (χ1n) is 6.37. The quantitative estimate of drug-likeness (QED) is 0.876. The number of ether oxygens (including phenoxy) is 1. The van der Waals surface area contributed by atoms with E-state index < -0.39 is 5.82 Å². The van der Waals surface area contributed by atoms with Crippen molar-refractivity contribution in [3.63, 3.8) is 0 Å². The Balaban J connectivity index is 2.08. The summed E-state index contributed by atoms with van der Waals surface area (Å²) in [6.07, 6.45) is 0. The largest absolute Gasteiger partial charge is 0.489 e. The van der Waals surface area contributed by atoms with Gasteiger partial charge >= 0.3 is 0 Å². The molecule has 0 bridgehead atoms. The summed E-state index contributed by atoms with van der Waals surface area (Å²) in [7, 11) is 0. The molecule has 2 aromatic rings. The Labute approximate surface area is 128 Å². The Hall–Kier alpha value is -2.02. The Morgan fingerprint density at radius 3 is 2.71 bits per heavy atom. The zero-order valence-corrected chi connectivity index (χ0v) is 12.2. The number of hydrogen-bond acceptors (Lipinski definition) is 2. The van der Waals surface area contributed by atoms with Gasteiger partial charge in [-0.15, -0.1) is 0 Å². The van der Waals surface area contributed by atoms with Crippen LogP contribution in [0.25, 0.3) is 0 Å². The van der Waals surface area contributed by atoms with Gasteiger partial charge in [0.05, 0.1) is 5.56 Å². The number of benzene rings is 2. The Kier molecular flexibility index (Phi) is 5.21. The molecule has 108 valence electrons. The summed E-state index contributed by atoms with van der Waals surface area (Å²) < 4.78 is 19.3. The minimum atomic E-state index is -0.483. The molecule has 0 heterocycles. The van der Waals surface area contributed by atoms with Crippen molar-refractivity contribution < 1.29 is 14.2 Å². The second kappa shape index (κ2) is 7.12. The molecule has 1 N–H and O–H groups in total.